The van der Waals surface area contributed by atoms with Crippen molar-refractivity contribution in [3.8, 4) is 5.69 Å². The Bertz CT molecular complexity index is 685. The molecule has 1 N–H and O–H groups in total. The van der Waals surface area contributed by atoms with Crippen LogP contribution in [0.1, 0.15) is 44.1 Å². The van der Waals surface area contributed by atoms with E-state index < -0.39 is 0 Å². The fourth-order valence-corrected chi connectivity index (χ4v) is 3.84. The largest absolute Gasteiger partial charge is 0.395 e. The van der Waals surface area contributed by atoms with Gasteiger partial charge in [-0.2, -0.15) is 5.10 Å². The molecule has 1 unspecified atom stereocenters. The third-order valence-electron chi connectivity index (χ3n) is 5.12. The molecule has 1 atom stereocenters. The molecule has 1 aliphatic carbocycles. The van der Waals surface area contributed by atoms with Gasteiger partial charge in [-0.25, -0.2) is 4.68 Å². The molecular weight excluding hydrogens is 298 g/mol. The van der Waals surface area contributed by atoms with Crippen LogP contribution in [0.4, 0.5) is 0 Å². The van der Waals surface area contributed by atoms with Crippen molar-refractivity contribution in [2.75, 3.05) is 13.7 Å². The Morgan fingerprint density at radius 3 is 2.54 bits per heavy atom. The Morgan fingerprint density at radius 2 is 1.92 bits per heavy atom. The molecule has 4 heteroatoms. The first-order valence-corrected chi connectivity index (χ1v) is 8.88. The summed E-state index contributed by atoms with van der Waals surface area (Å²) in [5.74, 6) is 0. The molecule has 24 heavy (non-hydrogen) atoms. The molecule has 0 saturated carbocycles. The van der Waals surface area contributed by atoms with Crippen molar-refractivity contribution in [1.29, 1.82) is 0 Å². The number of fused-ring (bicyclic) bond motifs is 1. The van der Waals surface area contributed by atoms with Crippen LogP contribution in [0, 0.1) is 5.41 Å². The number of aromatic nitrogens is 2. The zero-order valence-corrected chi connectivity index (χ0v) is 15.3. The lowest BCUT2D eigenvalue weighted by Crippen LogP contribution is -2.44. The normalized spacial score (nSPS) is 15.8. The molecule has 0 saturated heterocycles. The van der Waals surface area contributed by atoms with Crippen LogP contribution in [0.2, 0.25) is 0 Å². The molecule has 4 nitrogen and oxygen atoms in total. The van der Waals surface area contributed by atoms with E-state index in [1.807, 2.05) is 6.07 Å². The van der Waals surface area contributed by atoms with Gasteiger partial charge in [0.15, 0.2) is 0 Å². The molecule has 0 radical (unpaired) electrons. The first-order valence-electron chi connectivity index (χ1n) is 8.88. The second-order valence-corrected chi connectivity index (χ2v) is 7.95. The molecule has 1 heterocycles. The third-order valence-corrected chi connectivity index (χ3v) is 5.12. The number of benzene rings is 1. The van der Waals surface area contributed by atoms with Crippen LogP contribution in [0.3, 0.4) is 0 Å². The molecule has 0 bridgehead atoms. The number of para-hydroxylation sites is 1. The fraction of sp³-hybridized carbons (Fsp3) is 0.550. The van der Waals surface area contributed by atoms with E-state index in [1.54, 1.807) is 0 Å². The van der Waals surface area contributed by atoms with Crippen molar-refractivity contribution in [1.82, 2.24) is 14.7 Å². The van der Waals surface area contributed by atoms with Gasteiger partial charge in [-0.15, -0.1) is 0 Å². The SMILES string of the molecule is CN(Cc1nn(-c2ccccc2)c2c1CCC2)C(CO)C(C)(C)C. The van der Waals surface area contributed by atoms with Gasteiger partial charge in [0.2, 0.25) is 0 Å². The number of aliphatic hydroxyl groups excluding tert-OH is 1. The van der Waals surface area contributed by atoms with E-state index in [2.05, 4.69) is 61.7 Å². The Labute approximate surface area is 145 Å². The van der Waals surface area contributed by atoms with E-state index in [0.717, 1.165) is 30.8 Å². The lowest BCUT2D eigenvalue weighted by atomic mass is 9.86. The quantitative estimate of drug-likeness (QED) is 0.917. The minimum atomic E-state index is 0.0364. The number of likely N-dealkylation sites (N-methyl/N-ethyl adjacent to an activating group) is 1. The van der Waals surface area contributed by atoms with Gasteiger partial charge in [-0.05, 0) is 49.4 Å². The van der Waals surface area contributed by atoms with E-state index in [1.165, 1.54) is 17.7 Å². The van der Waals surface area contributed by atoms with Crippen molar-refractivity contribution in [3.05, 3.63) is 47.3 Å². The molecule has 0 aliphatic heterocycles. The smallest absolute Gasteiger partial charge is 0.0804 e. The highest BCUT2D eigenvalue weighted by Crippen LogP contribution is 2.30. The minimum Gasteiger partial charge on any atom is -0.395 e. The maximum Gasteiger partial charge on any atom is 0.0804 e. The highest BCUT2D eigenvalue weighted by atomic mass is 16.3. The molecule has 0 amide bonds. The first-order chi connectivity index (χ1) is 11.4. The van der Waals surface area contributed by atoms with Gasteiger partial charge >= 0.3 is 0 Å². The second-order valence-electron chi connectivity index (χ2n) is 7.95. The van der Waals surface area contributed by atoms with Gasteiger partial charge in [0.05, 0.1) is 18.0 Å². The zero-order chi connectivity index (χ0) is 17.3. The van der Waals surface area contributed by atoms with Crippen LogP contribution in [-0.4, -0.2) is 39.5 Å². The summed E-state index contributed by atoms with van der Waals surface area (Å²) in [6.45, 7) is 7.48. The average molecular weight is 327 g/mol. The Morgan fingerprint density at radius 1 is 1.21 bits per heavy atom. The summed E-state index contributed by atoms with van der Waals surface area (Å²) in [6.07, 6.45) is 3.42. The maximum absolute atomic E-state index is 9.82. The molecule has 130 valence electrons. The molecule has 1 aliphatic rings. The predicted molar refractivity (Wildman–Crippen MR) is 97.4 cm³/mol. The van der Waals surface area contributed by atoms with E-state index >= 15 is 0 Å². The Kier molecular flexibility index (Phi) is 4.79. The minimum absolute atomic E-state index is 0.0364. The van der Waals surface area contributed by atoms with E-state index in [9.17, 15) is 5.11 Å². The predicted octanol–water partition coefficient (Wildman–Crippen LogP) is 3.20. The average Bonchev–Trinajstić information content (AvgIpc) is 3.11. The summed E-state index contributed by atoms with van der Waals surface area (Å²) in [5.41, 5.74) is 5.11. The van der Waals surface area contributed by atoms with Crippen molar-refractivity contribution >= 4 is 0 Å². The summed E-state index contributed by atoms with van der Waals surface area (Å²) < 4.78 is 2.12. The standard InChI is InChI=1S/C20H29N3O/c1-20(2,3)19(14-24)22(4)13-17-16-11-8-12-18(16)23(21-17)15-9-6-5-7-10-15/h5-7,9-10,19,24H,8,11-14H2,1-4H3. The number of nitrogens with zero attached hydrogens (tertiary/aromatic N) is 3. The monoisotopic (exact) mass is 327 g/mol. The van der Waals surface area contributed by atoms with E-state index in [0.29, 0.717) is 0 Å². The fourth-order valence-electron chi connectivity index (χ4n) is 3.84. The third kappa shape index (κ3) is 3.26. The molecule has 0 spiro atoms. The van der Waals surface area contributed by atoms with Crippen molar-refractivity contribution in [2.24, 2.45) is 5.41 Å². The number of rotatable bonds is 5. The molecular formula is C20H29N3O. The van der Waals surface area contributed by atoms with Crippen LogP contribution in [0.25, 0.3) is 5.69 Å². The summed E-state index contributed by atoms with van der Waals surface area (Å²) in [7, 11) is 2.09. The zero-order valence-electron chi connectivity index (χ0n) is 15.3. The summed E-state index contributed by atoms with van der Waals surface area (Å²) >= 11 is 0. The number of aliphatic hydroxyl groups is 1. The lowest BCUT2D eigenvalue weighted by Gasteiger charge is -2.36. The molecule has 1 aromatic carbocycles. The molecule has 1 aromatic heterocycles. The summed E-state index contributed by atoms with van der Waals surface area (Å²) in [4.78, 5) is 2.25. The Balaban J connectivity index is 1.90. The van der Waals surface area contributed by atoms with Crippen molar-refractivity contribution in [2.45, 2.75) is 52.6 Å². The summed E-state index contributed by atoms with van der Waals surface area (Å²) in [6, 6.07) is 10.5. The topological polar surface area (TPSA) is 41.3 Å². The molecule has 3 rings (SSSR count). The van der Waals surface area contributed by atoms with Gasteiger partial charge in [0, 0.05) is 18.3 Å². The van der Waals surface area contributed by atoms with Crippen LogP contribution < -0.4 is 0 Å². The Hall–Kier alpha value is -1.65. The van der Waals surface area contributed by atoms with E-state index in [4.69, 9.17) is 5.10 Å². The highest BCUT2D eigenvalue weighted by molar-refractivity contribution is 5.39. The van der Waals surface area contributed by atoms with Crippen LogP contribution in [-0.2, 0) is 19.4 Å². The van der Waals surface area contributed by atoms with Crippen LogP contribution >= 0.6 is 0 Å². The van der Waals surface area contributed by atoms with Gasteiger partial charge in [-0.3, -0.25) is 4.90 Å². The van der Waals surface area contributed by atoms with Crippen LogP contribution in [0.15, 0.2) is 30.3 Å². The van der Waals surface area contributed by atoms with Crippen molar-refractivity contribution in [3.63, 3.8) is 0 Å². The van der Waals surface area contributed by atoms with Gasteiger partial charge in [0.1, 0.15) is 0 Å². The van der Waals surface area contributed by atoms with Crippen LogP contribution in [0.5, 0.6) is 0 Å². The second kappa shape index (κ2) is 6.69. The van der Waals surface area contributed by atoms with E-state index in [-0.39, 0.29) is 18.1 Å². The maximum atomic E-state index is 9.82. The van der Waals surface area contributed by atoms with Gasteiger partial charge < -0.3 is 5.11 Å². The van der Waals surface area contributed by atoms with Gasteiger partial charge in [0.25, 0.3) is 0 Å². The highest BCUT2D eigenvalue weighted by Gasteiger charge is 2.30. The molecule has 2 aromatic rings. The number of hydrogen-bond donors (Lipinski definition) is 1. The summed E-state index contributed by atoms with van der Waals surface area (Å²) in [5, 5.41) is 14.8. The molecule has 0 fully saturated rings. The first kappa shape index (κ1) is 17.2. The van der Waals surface area contributed by atoms with Gasteiger partial charge in [-0.1, -0.05) is 39.0 Å². The number of hydrogen-bond acceptors (Lipinski definition) is 3. The lowest BCUT2D eigenvalue weighted by molar-refractivity contribution is 0.0604. The van der Waals surface area contributed by atoms with Crippen molar-refractivity contribution < 1.29 is 5.11 Å².